The highest BCUT2D eigenvalue weighted by Crippen LogP contribution is 2.45. The highest BCUT2D eigenvalue weighted by Gasteiger charge is 2.45. The number of benzene rings is 1. The van der Waals surface area contributed by atoms with Crippen LogP contribution in [0, 0.1) is 5.41 Å². The predicted octanol–water partition coefficient (Wildman–Crippen LogP) is 2.78. The SMILES string of the molecule is CC(C)(C)C(=O)N1C(C(=O)NCCN2CCOCC2)CSC1c1ccccc1Cl. The topological polar surface area (TPSA) is 61.9 Å². The lowest BCUT2D eigenvalue weighted by molar-refractivity contribution is -0.146. The first kappa shape index (κ1) is 22.4. The number of hydrogen-bond acceptors (Lipinski definition) is 5. The molecule has 2 fully saturated rings. The summed E-state index contributed by atoms with van der Waals surface area (Å²) in [6, 6.07) is 7.04. The zero-order valence-corrected chi connectivity index (χ0v) is 18.9. The van der Waals surface area contributed by atoms with Crippen molar-refractivity contribution in [1.29, 1.82) is 0 Å². The van der Waals surface area contributed by atoms with Crippen molar-refractivity contribution in [3.8, 4) is 0 Å². The Balaban J connectivity index is 1.71. The number of amides is 2. The Bertz CT molecular complexity index is 734. The monoisotopic (exact) mass is 439 g/mol. The lowest BCUT2D eigenvalue weighted by Gasteiger charge is -2.34. The van der Waals surface area contributed by atoms with Crippen LogP contribution < -0.4 is 5.32 Å². The van der Waals surface area contributed by atoms with Crippen LogP contribution in [-0.2, 0) is 14.3 Å². The van der Waals surface area contributed by atoms with E-state index in [1.54, 1.807) is 16.7 Å². The zero-order chi connectivity index (χ0) is 21.0. The van der Waals surface area contributed by atoms with E-state index >= 15 is 0 Å². The lowest BCUT2D eigenvalue weighted by Crippen LogP contribution is -2.52. The number of carbonyl (C=O) groups excluding carboxylic acids is 2. The molecule has 6 nitrogen and oxygen atoms in total. The molecule has 29 heavy (non-hydrogen) atoms. The van der Waals surface area contributed by atoms with Crippen LogP contribution >= 0.6 is 23.4 Å². The van der Waals surface area contributed by atoms with Gasteiger partial charge in [0.15, 0.2) is 0 Å². The molecule has 0 aromatic heterocycles. The third kappa shape index (κ3) is 5.45. The Hall–Kier alpha value is -1.28. The van der Waals surface area contributed by atoms with Crippen LogP contribution in [0.3, 0.4) is 0 Å². The average Bonchev–Trinajstić information content (AvgIpc) is 3.12. The number of halogens is 1. The van der Waals surface area contributed by atoms with Gasteiger partial charge >= 0.3 is 0 Å². The zero-order valence-electron chi connectivity index (χ0n) is 17.3. The first-order valence-corrected chi connectivity index (χ1v) is 11.5. The number of nitrogens with one attached hydrogen (secondary N) is 1. The maximum absolute atomic E-state index is 13.3. The lowest BCUT2D eigenvalue weighted by atomic mass is 9.93. The Morgan fingerprint density at radius 2 is 1.93 bits per heavy atom. The third-order valence-corrected chi connectivity index (χ3v) is 6.83. The van der Waals surface area contributed by atoms with E-state index in [0.717, 1.165) is 38.4 Å². The molecule has 8 heteroatoms. The maximum Gasteiger partial charge on any atom is 0.243 e. The minimum atomic E-state index is -0.587. The van der Waals surface area contributed by atoms with E-state index in [4.69, 9.17) is 16.3 Å². The average molecular weight is 440 g/mol. The Labute approximate surface area is 182 Å². The Morgan fingerprint density at radius 1 is 1.24 bits per heavy atom. The van der Waals surface area contributed by atoms with Gasteiger partial charge in [-0.15, -0.1) is 11.8 Å². The summed E-state index contributed by atoms with van der Waals surface area (Å²) >= 11 is 8.01. The fourth-order valence-corrected chi connectivity index (χ4v) is 5.31. The predicted molar refractivity (Wildman–Crippen MR) is 117 cm³/mol. The van der Waals surface area contributed by atoms with E-state index in [1.807, 2.05) is 45.0 Å². The summed E-state index contributed by atoms with van der Waals surface area (Å²) in [5.41, 5.74) is 0.289. The minimum absolute atomic E-state index is 0.0410. The van der Waals surface area contributed by atoms with Gasteiger partial charge in [-0.3, -0.25) is 14.5 Å². The quantitative estimate of drug-likeness (QED) is 0.764. The van der Waals surface area contributed by atoms with Crippen molar-refractivity contribution in [2.45, 2.75) is 32.2 Å². The molecular weight excluding hydrogens is 410 g/mol. The number of morpholine rings is 1. The second-order valence-corrected chi connectivity index (χ2v) is 9.95. The van der Waals surface area contributed by atoms with E-state index in [1.165, 1.54) is 0 Å². The normalized spacial score (nSPS) is 23.2. The molecule has 2 amide bonds. The summed E-state index contributed by atoms with van der Waals surface area (Å²) < 4.78 is 5.36. The number of nitrogens with zero attached hydrogens (tertiary/aromatic N) is 2. The van der Waals surface area contributed by atoms with Gasteiger partial charge in [-0.25, -0.2) is 0 Å². The smallest absolute Gasteiger partial charge is 0.243 e. The van der Waals surface area contributed by atoms with Gasteiger partial charge in [0.1, 0.15) is 11.4 Å². The maximum atomic E-state index is 13.3. The molecule has 2 atom stereocenters. The van der Waals surface area contributed by atoms with Crippen molar-refractivity contribution >= 4 is 35.2 Å². The number of thioether (sulfide) groups is 1. The first-order chi connectivity index (χ1) is 13.8. The van der Waals surface area contributed by atoms with Crippen LogP contribution in [0.4, 0.5) is 0 Å². The minimum Gasteiger partial charge on any atom is -0.379 e. The fraction of sp³-hybridized carbons (Fsp3) is 0.619. The molecule has 160 valence electrons. The van der Waals surface area contributed by atoms with E-state index in [9.17, 15) is 9.59 Å². The summed E-state index contributed by atoms with van der Waals surface area (Å²) in [7, 11) is 0. The Morgan fingerprint density at radius 3 is 2.59 bits per heavy atom. The van der Waals surface area contributed by atoms with E-state index in [2.05, 4.69) is 10.2 Å². The van der Waals surface area contributed by atoms with E-state index < -0.39 is 11.5 Å². The highest BCUT2D eigenvalue weighted by atomic mass is 35.5. The van der Waals surface area contributed by atoms with Gasteiger partial charge in [-0.05, 0) is 6.07 Å². The van der Waals surface area contributed by atoms with Gasteiger partial charge < -0.3 is 15.0 Å². The standard InChI is InChI=1S/C21H30ClN3O3S/c1-21(2,3)20(27)25-17(14-29-19(25)15-6-4-5-7-16(15)22)18(26)23-8-9-24-10-12-28-13-11-24/h4-7,17,19H,8-14H2,1-3H3,(H,23,26). The molecule has 2 unspecified atom stereocenters. The molecule has 1 aromatic rings. The molecule has 2 aliphatic rings. The molecule has 0 saturated carbocycles. The van der Waals surface area contributed by atoms with E-state index in [0.29, 0.717) is 17.3 Å². The van der Waals surface area contributed by atoms with Crippen molar-refractivity contribution in [2.24, 2.45) is 5.41 Å². The Kier molecular flexibility index (Phi) is 7.48. The number of hydrogen-bond donors (Lipinski definition) is 1. The second kappa shape index (κ2) is 9.69. The summed E-state index contributed by atoms with van der Waals surface area (Å²) in [4.78, 5) is 30.3. The second-order valence-electron chi connectivity index (χ2n) is 8.43. The van der Waals surface area contributed by atoms with Gasteiger partial charge in [0.05, 0.1) is 13.2 Å². The van der Waals surface area contributed by atoms with Crippen LogP contribution in [0.1, 0.15) is 31.7 Å². The molecule has 0 spiro atoms. The van der Waals surface area contributed by atoms with Crippen molar-refractivity contribution in [3.05, 3.63) is 34.9 Å². The van der Waals surface area contributed by atoms with Crippen molar-refractivity contribution < 1.29 is 14.3 Å². The summed E-state index contributed by atoms with van der Waals surface area (Å²) in [6.45, 7) is 10.3. The van der Waals surface area contributed by atoms with Crippen molar-refractivity contribution in [3.63, 3.8) is 0 Å². The van der Waals surface area contributed by atoms with Crippen molar-refractivity contribution in [1.82, 2.24) is 15.1 Å². The molecule has 2 aliphatic heterocycles. The summed E-state index contributed by atoms with van der Waals surface area (Å²) in [5, 5.41) is 3.39. The number of ether oxygens (including phenoxy) is 1. The van der Waals surface area contributed by atoms with Crippen LogP contribution in [0.5, 0.6) is 0 Å². The fourth-order valence-electron chi connectivity index (χ4n) is 3.54. The largest absolute Gasteiger partial charge is 0.379 e. The van der Waals surface area contributed by atoms with Crippen LogP contribution in [-0.4, -0.2) is 72.8 Å². The molecular formula is C21H30ClN3O3S. The first-order valence-electron chi connectivity index (χ1n) is 10.1. The van der Waals surface area contributed by atoms with Gasteiger partial charge in [-0.1, -0.05) is 50.6 Å². The number of carbonyl (C=O) groups is 2. The molecule has 2 heterocycles. The van der Waals surface area contributed by atoms with Gasteiger partial charge in [0, 0.05) is 47.9 Å². The summed E-state index contributed by atoms with van der Waals surface area (Å²) in [6.07, 6.45) is 0. The van der Waals surface area contributed by atoms with Crippen LogP contribution in [0.25, 0.3) is 0 Å². The van der Waals surface area contributed by atoms with Crippen molar-refractivity contribution in [2.75, 3.05) is 45.1 Å². The van der Waals surface area contributed by atoms with Gasteiger partial charge in [0.2, 0.25) is 11.8 Å². The van der Waals surface area contributed by atoms with Crippen LogP contribution in [0.15, 0.2) is 24.3 Å². The third-order valence-electron chi connectivity index (χ3n) is 5.18. The molecule has 0 radical (unpaired) electrons. The van der Waals surface area contributed by atoms with Crippen LogP contribution in [0.2, 0.25) is 5.02 Å². The summed E-state index contributed by atoms with van der Waals surface area (Å²) in [5.74, 6) is 0.417. The van der Waals surface area contributed by atoms with Gasteiger partial charge in [0.25, 0.3) is 0 Å². The molecule has 3 rings (SSSR count). The molecule has 1 N–H and O–H groups in total. The number of rotatable bonds is 5. The highest BCUT2D eigenvalue weighted by molar-refractivity contribution is 7.99. The van der Waals surface area contributed by atoms with Gasteiger partial charge in [-0.2, -0.15) is 0 Å². The molecule has 2 saturated heterocycles. The molecule has 1 aromatic carbocycles. The molecule has 0 bridgehead atoms. The van der Waals surface area contributed by atoms with E-state index in [-0.39, 0.29) is 17.2 Å². The molecule has 0 aliphatic carbocycles.